The van der Waals surface area contributed by atoms with E-state index in [0.717, 1.165) is 0 Å². The van der Waals surface area contributed by atoms with Gasteiger partial charge in [0.15, 0.2) is 5.82 Å². The van der Waals surface area contributed by atoms with Gasteiger partial charge in [-0.05, 0) is 24.3 Å². The van der Waals surface area contributed by atoms with Crippen LogP contribution in [-0.2, 0) is 6.54 Å². The van der Waals surface area contributed by atoms with Crippen LogP contribution >= 0.6 is 0 Å². The van der Waals surface area contributed by atoms with Gasteiger partial charge in [0.05, 0.1) is 12.2 Å². The van der Waals surface area contributed by atoms with Gasteiger partial charge in [-0.25, -0.2) is 15.0 Å². The molecule has 4 aromatic heterocycles. The molecule has 0 saturated heterocycles. The highest BCUT2D eigenvalue weighted by atomic mass is 19.1. The summed E-state index contributed by atoms with van der Waals surface area (Å²) in [6.45, 7) is 0.345. The van der Waals surface area contributed by atoms with Crippen LogP contribution in [-0.4, -0.2) is 23.9 Å². The molecule has 0 N–H and O–H groups in total. The van der Waals surface area contributed by atoms with Gasteiger partial charge in [-0.15, -0.1) is 0 Å². The zero-order valence-electron chi connectivity index (χ0n) is 12.5. The van der Waals surface area contributed by atoms with Gasteiger partial charge in [0, 0.05) is 18.6 Å². The number of nitrogens with zero attached hydrogens (tertiary/aromatic N) is 6. The van der Waals surface area contributed by atoms with Crippen LogP contribution in [0.15, 0.2) is 55.0 Å². The number of hydrogen-bond acceptors (Lipinski definition) is 4. The maximum atomic E-state index is 13.4. The van der Waals surface area contributed by atoms with Crippen LogP contribution in [0.3, 0.4) is 0 Å². The van der Waals surface area contributed by atoms with Gasteiger partial charge in [0.1, 0.15) is 23.1 Å². The number of halogens is 1. The average molecular weight is 318 g/mol. The van der Waals surface area contributed by atoms with Crippen LogP contribution in [0.4, 0.5) is 4.39 Å². The fourth-order valence-corrected chi connectivity index (χ4v) is 2.64. The lowest BCUT2D eigenvalue weighted by atomic mass is 10.3. The molecular formula is C17H11FN6. The molecule has 24 heavy (non-hydrogen) atoms. The van der Waals surface area contributed by atoms with Crippen LogP contribution in [0, 0.1) is 17.3 Å². The monoisotopic (exact) mass is 318 g/mol. The third-order valence-corrected chi connectivity index (χ3v) is 3.69. The van der Waals surface area contributed by atoms with E-state index in [4.69, 9.17) is 0 Å². The standard InChI is InChI=1S/C17H11FN6/c18-15-5-3-4-12(21-15)17-20-7-9-23(17)11-13-14(10-19)24-8-2-1-6-16(24)22-13/h1-9H,11H2. The van der Waals surface area contributed by atoms with E-state index in [1.54, 1.807) is 39.7 Å². The SMILES string of the molecule is N#Cc1c(Cn2ccnc2-c2cccc(F)n2)nc2ccccn12. The van der Waals surface area contributed by atoms with Crippen molar-refractivity contribution in [2.24, 2.45) is 0 Å². The molecule has 6 nitrogen and oxygen atoms in total. The van der Waals surface area contributed by atoms with E-state index < -0.39 is 5.95 Å². The molecule has 0 aliphatic rings. The molecule has 0 fully saturated rings. The van der Waals surface area contributed by atoms with E-state index in [1.165, 1.54) is 6.07 Å². The lowest BCUT2D eigenvalue weighted by molar-refractivity contribution is 0.584. The summed E-state index contributed by atoms with van der Waals surface area (Å²) in [6.07, 6.45) is 5.17. The summed E-state index contributed by atoms with van der Waals surface area (Å²) < 4.78 is 16.9. The lowest BCUT2D eigenvalue weighted by Gasteiger charge is -2.06. The van der Waals surface area contributed by atoms with E-state index in [2.05, 4.69) is 21.0 Å². The molecule has 0 atom stereocenters. The summed E-state index contributed by atoms with van der Waals surface area (Å²) in [7, 11) is 0. The summed E-state index contributed by atoms with van der Waals surface area (Å²) in [6, 6.07) is 12.3. The summed E-state index contributed by atoms with van der Waals surface area (Å²) in [4.78, 5) is 12.6. The van der Waals surface area contributed by atoms with Crippen molar-refractivity contribution < 1.29 is 4.39 Å². The van der Waals surface area contributed by atoms with Gasteiger partial charge in [-0.3, -0.25) is 4.40 Å². The van der Waals surface area contributed by atoms with Crippen molar-refractivity contribution in [3.05, 3.63) is 72.3 Å². The van der Waals surface area contributed by atoms with Crippen LogP contribution in [0.25, 0.3) is 17.2 Å². The Hall–Kier alpha value is -3.53. The maximum absolute atomic E-state index is 13.4. The average Bonchev–Trinajstić information content (AvgIpc) is 3.19. The summed E-state index contributed by atoms with van der Waals surface area (Å²) in [5, 5.41) is 9.46. The first-order valence-corrected chi connectivity index (χ1v) is 7.26. The highest BCUT2D eigenvalue weighted by Crippen LogP contribution is 2.19. The van der Waals surface area contributed by atoms with Crippen molar-refractivity contribution in [3.8, 4) is 17.6 Å². The van der Waals surface area contributed by atoms with Crippen molar-refractivity contribution in [1.82, 2.24) is 23.9 Å². The maximum Gasteiger partial charge on any atom is 0.213 e. The summed E-state index contributed by atoms with van der Waals surface area (Å²) in [5.74, 6) is -0.0389. The third kappa shape index (κ3) is 2.30. The predicted molar refractivity (Wildman–Crippen MR) is 84.4 cm³/mol. The minimum atomic E-state index is -0.563. The molecule has 0 radical (unpaired) electrons. The zero-order chi connectivity index (χ0) is 16.5. The summed E-state index contributed by atoms with van der Waals surface area (Å²) in [5.41, 5.74) is 2.23. The fraction of sp³-hybridized carbons (Fsp3) is 0.0588. The van der Waals surface area contributed by atoms with Crippen LogP contribution in [0.2, 0.25) is 0 Å². The van der Waals surface area contributed by atoms with E-state index in [1.807, 2.05) is 18.2 Å². The van der Waals surface area contributed by atoms with E-state index >= 15 is 0 Å². The molecular weight excluding hydrogens is 307 g/mol. The van der Waals surface area contributed by atoms with Crippen molar-refractivity contribution in [2.45, 2.75) is 6.54 Å². The van der Waals surface area contributed by atoms with Crippen molar-refractivity contribution >= 4 is 5.65 Å². The van der Waals surface area contributed by atoms with Gasteiger partial charge >= 0.3 is 0 Å². The Morgan fingerprint density at radius 3 is 2.83 bits per heavy atom. The van der Waals surface area contributed by atoms with Gasteiger partial charge in [-0.2, -0.15) is 9.65 Å². The largest absolute Gasteiger partial charge is 0.324 e. The van der Waals surface area contributed by atoms with Crippen LogP contribution < -0.4 is 0 Å². The first-order valence-electron chi connectivity index (χ1n) is 7.26. The molecule has 7 heteroatoms. The predicted octanol–water partition coefficient (Wildman–Crippen LogP) is 2.65. The number of pyridine rings is 2. The normalized spacial score (nSPS) is 10.8. The second kappa shape index (κ2) is 5.59. The Labute approximate surface area is 136 Å². The molecule has 116 valence electrons. The number of fused-ring (bicyclic) bond motifs is 1. The molecule has 0 unspecified atom stereocenters. The number of hydrogen-bond donors (Lipinski definition) is 0. The first-order chi connectivity index (χ1) is 11.8. The van der Waals surface area contributed by atoms with E-state index in [9.17, 15) is 9.65 Å². The minimum Gasteiger partial charge on any atom is -0.324 e. The molecule has 0 bridgehead atoms. The van der Waals surface area contributed by atoms with E-state index in [0.29, 0.717) is 35.1 Å². The zero-order valence-corrected chi connectivity index (χ0v) is 12.5. The Morgan fingerprint density at radius 2 is 2.00 bits per heavy atom. The van der Waals surface area contributed by atoms with Crippen molar-refractivity contribution in [1.29, 1.82) is 5.26 Å². The van der Waals surface area contributed by atoms with Crippen LogP contribution in [0.5, 0.6) is 0 Å². The number of imidazole rings is 2. The Bertz CT molecular complexity index is 1070. The Balaban J connectivity index is 1.78. The van der Waals surface area contributed by atoms with Gasteiger partial charge in [0.2, 0.25) is 5.95 Å². The lowest BCUT2D eigenvalue weighted by Crippen LogP contribution is -2.04. The molecule has 0 aromatic carbocycles. The minimum absolute atomic E-state index is 0.345. The highest BCUT2D eigenvalue weighted by molar-refractivity contribution is 5.51. The highest BCUT2D eigenvalue weighted by Gasteiger charge is 2.15. The molecule has 0 aliphatic heterocycles. The molecule has 4 rings (SSSR count). The second-order valence-electron chi connectivity index (χ2n) is 5.17. The topological polar surface area (TPSA) is 71.8 Å². The Morgan fingerprint density at radius 1 is 1.08 bits per heavy atom. The summed E-state index contributed by atoms with van der Waals surface area (Å²) >= 11 is 0. The molecule has 4 aromatic rings. The van der Waals surface area contributed by atoms with Gasteiger partial charge in [-0.1, -0.05) is 12.1 Å². The van der Waals surface area contributed by atoms with Crippen LogP contribution in [0.1, 0.15) is 11.4 Å². The number of nitriles is 1. The fourth-order valence-electron chi connectivity index (χ4n) is 2.64. The molecule has 4 heterocycles. The smallest absolute Gasteiger partial charge is 0.213 e. The van der Waals surface area contributed by atoms with E-state index in [-0.39, 0.29) is 0 Å². The molecule has 0 aliphatic carbocycles. The molecule has 0 amide bonds. The molecule has 0 saturated carbocycles. The third-order valence-electron chi connectivity index (χ3n) is 3.69. The first kappa shape index (κ1) is 14.1. The Kier molecular flexibility index (Phi) is 3.28. The van der Waals surface area contributed by atoms with Gasteiger partial charge in [0.25, 0.3) is 0 Å². The molecule has 0 spiro atoms. The quantitative estimate of drug-likeness (QED) is 0.544. The second-order valence-corrected chi connectivity index (χ2v) is 5.17. The van der Waals surface area contributed by atoms with Crippen molar-refractivity contribution in [3.63, 3.8) is 0 Å². The number of rotatable bonds is 3. The van der Waals surface area contributed by atoms with Gasteiger partial charge < -0.3 is 4.57 Å². The van der Waals surface area contributed by atoms with Crippen molar-refractivity contribution in [2.75, 3.05) is 0 Å². The number of aromatic nitrogens is 5.